The monoisotopic (exact) mass is 223 g/mol. The molecule has 0 fully saturated rings. The molecule has 1 aromatic rings. The van der Waals surface area contributed by atoms with E-state index in [1.807, 2.05) is 24.3 Å². The van der Waals surface area contributed by atoms with Crippen molar-refractivity contribution in [2.45, 2.75) is 13.2 Å². The smallest absolute Gasteiger partial charge is 0.0713 e. The van der Waals surface area contributed by atoms with Crippen LogP contribution in [0.2, 0.25) is 0 Å². The van der Waals surface area contributed by atoms with Gasteiger partial charge < -0.3 is 10.5 Å². The molecule has 0 saturated carbocycles. The molecule has 0 unspecified atom stereocenters. The minimum atomic E-state index is 0. The molecular weight excluding hydrogens is 209 g/mol. The molecule has 4 heteroatoms. The second kappa shape index (κ2) is 8.32. The van der Waals surface area contributed by atoms with E-state index in [2.05, 4.69) is 0 Å². The summed E-state index contributed by atoms with van der Waals surface area (Å²) in [7, 11) is 1.69. The summed E-state index contributed by atoms with van der Waals surface area (Å²) in [6.45, 7) is 1.28. The molecule has 0 aliphatic carbocycles. The van der Waals surface area contributed by atoms with Crippen molar-refractivity contribution >= 4 is 24.8 Å². The molecule has 0 heterocycles. The minimum Gasteiger partial charge on any atom is -0.380 e. The van der Waals surface area contributed by atoms with Gasteiger partial charge in [0.1, 0.15) is 0 Å². The van der Waals surface area contributed by atoms with Crippen molar-refractivity contribution in [3.63, 3.8) is 0 Å². The molecule has 1 aromatic carbocycles. The van der Waals surface area contributed by atoms with Crippen LogP contribution < -0.4 is 5.73 Å². The average Bonchev–Trinajstić information content (AvgIpc) is 2.07. The fourth-order valence-corrected chi connectivity index (χ4v) is 0.938. The lowest BCUT2D eigenvalue weighted by Crippen LogP contribution is -1.96. The molecule has 2 nitrogen and oxygen atoms in total. The van der Waals surface area contributed by atoms with E-state index < -0.39 is 0 Å². The lowest BCUT2D eigenvalue weighted by molar-refractivity contribution is 0.185. The van der Waals surface area contributed by atoms with Crippen molar-refractivity contribution in [2.24, 2.45) is 5.73 Å². The molecule has 0 spiro atoms. The Balaban J connectivity index is 0. The Morgan fingerprint density at radius 3 is 1.92 bits per heavy atom. The Hall–Kier alpha value is -0.280. The Bertz CT molecular complexity index is 213. The SMILES string of the molecule is COCc1ccc(CN)cc1.Cl.Cl. The highest BCUT2D eigenvalue weighted by molar-refractivity contribution is 5.85. The zero-order chi connectivity index (χ0) is 8.10. The molecule has 0 amide bonds. The molecule has 0 radical (unpaired) electrons. The molecule has 0 aliphatic rings. The summed E-state index contributed by atoms with van der Waals surface area (Å²) in [5.41, 5.74) is 7.78. The van der Waals surface area contributed by atoms with Gasteiger partial charge in [0.25, 0.3) is 0 Å². The summed E-state index contributed by atoms with van der Waals surface area (Å²) in [5.74, 6) is 0. The van der Waals surface area contributed by atoms with Gasteiger partial charge in [-0.1, -0.05) is 24.3 Å². The van der Waals surface area contributed by atoms with Crippen LogP contribution >= 0.6 is 24.8 Å². The van der Waals surface area contributed by atoms with Crippen molar-refractivity contribution in [1.82, 2.24) is 0 Å². The molecule has 2 N–H and O–H groups in total. The van der Waals surface area contributed by atoms with Crippen molar-refractivity contribution in [3.8, 4) is 0 Å². The third kappa shape index (κ3) is 5.11. The molecular formula is C9H15Cl2NO. The molecule has 76 valence electrons. The predicted octanol–water partition coefficient (Wildman–Crippen LogP) is 2.14. The number of rotatable bonds is 3. The topological polar surface area (TPSA) is 35.2 Å². The standard InChI is InChI=1S/C9H13NO.2ClH/c1-11-7-9-4-2-8(6-10)3-5-9;;/h2-5H,6-7,10H2,1H3;2*1H. The normalized spacial score (nSPS) is 8.46. The Kier molecular flexibility index (Phi) is 9.74. The van der Waals surface area contributed by atoms with E-state index in [1.165, 1.54) is 5.56 Å². The molecule has 1 rings (SSSR count). The second-order valence-electron chi connectivity index (χ2n) is 2.45. The van der Waals surface area contributed by atoms with Crippen LogP contribution in [0.25, 0.3) is 0 Å². The van der Waals surface area contributed by atoms with Crippen molar-refractivity contribution in [1.29, 1.82) is 0 Å². The largest absolute Gasteiger partial charge is 0.380 e. The first-order chi connectivity index (χ1) is 5.36. The van der Waals surface area contributed by atoms with Gasteiger partial charge in [0.05, 0.1) is 6.61 Å². The maximum atomic E-state index is 5.44. The van der Waals surface area contributed by atoms with E-state index >= 15 is 0 Å². The van der Waals surface area contributed by atoms with Gasteiger partial charge in [-0.05, 0) is 11.1 Å². The maximum Gasteiger partial charge on any atom is 0.0713 e. The number of nitrogens with two attached hydrogens (primary N) is 1. The van der Waals surface area contributed by atoms with Gasteiger partial charge >= 0.3 is 0 Å². The quantitative estimate of drug-likeness (QED) is 0.853. The Labute approximate surface area is 91.3 Å². The van der Waals surface area contributed by atoms with Crippen LogP contribution in [-0.2, 0) is 17.9 Å². The van der Waals surface area contributed by atoms with Crippen molar-refractivity contribution in [3.05, 3.63) is 35.4 Å². The first kappa shape index (κ1) is 15.2. The van der Waals surface area contributed by atoms with Crippen LogP contribution in [0.3, 0.4) is 0 Å². The fourth-order valence-electron chi connectivity index (χ4n) is 0.938. The van der Waals surface area contributed by atoms with E-state index in [0.29, 0.717) is 13.2 Å². The lowest BCUT2D eigenvalue weighted by Gasteiger charge is -2.00. The highest BCUT2D eigenvalue weighted by Crippen LogP contribution is 2.04. The number of hydrogen-bond donors (Lipinski definition) is 1. The predicted molar refractivity (Wildman–Crippen MR) is 59.5 cm³/mol. The average molecular weight is 224 g/mol. The fraction of sp³-hybridized carbons (Fsp3) is 0.333. The Morgan fingerprint density at radius 2 is 1.54 bits per heavy atom. The molecule has 0 atom stereocenters. The van der Waals surface area contributed by atoms with Gasteiger partial charge in [0.2, 0.25) is 0 Å². The van der Waals surface area contributed by atoms with Crippen LogP contribution in [-0.4, -0.2) is 7.11 Å². The first-order valence-corrected chi connectivity index (χ1v) is 3.63. The second-order valence-corrected chi connectivity index (χ2v) is 2.45. The van der Waals surface area contributed by atoms with Crippen molar-refractivity contribution < 1.29 is 4.74 Å². The summed E-state index contributed by atoms with van der Waals surface area (Å²) >= 11 is 0. The number of hydrogen-bond acceptors (Lipinski definition) is 2. The molecule has 0 aromatic heterocycles. The maximum absolute atomic E-state index is 5.44. The summed E-state index contributed by atoms with van der Waals surface area (Å²) in [6, 6.07) is 8.11. The summed E-state index contributed by atoms with van der Waals surface area (Å²) in [6.07, 6.45) is 0. The summed E-state index contributed by atoms with van der Waals surface area (Å²) in [4.78, 5) is 0. The number of benzene rings is 1. The van der Waals surface area contributed by atoms with Crippen LogP contribution in [0.15, 0.2) is 24.3 Å². The number of methoxy groups -OCH3 is 1. The van der Waals surface area contributed by atoms with Crippen LogP contribution in [0, 0.1) is 0 Å². The highest BCUT2D eigenvalue weighted by Gasteiger charge is 1.90. The van der Waals surface area contributed by atoms with Crippen LogP contribution in [0.1, 0.15) is 11.1 Å². The number of halogens is 2. The van der Waals surface area contributed by atoms with Gasteiger partial charge in [-0.25, -0.2) is 0 Å². The van der Waals surface area contributed by atoms with Gasteiger partial charge in [-0.2, -0.15) is 0 Å². The third-order valence-corrected chi connectivity index (χ3v) is 1.57. The zero-order valence-electron chi connectivity index (χ0n) is 7.53. The third-order valence-electron chi connectivity index (χ3n) is 1.57. The van der Waals surface area contributed by atoms with E-state index in [1.54, 1.807) is 7.11 Å². The molecule has 0 aliphatic heterocycles. The van der Waals surface area contributed by atoms with Crippen LogP contribution in [0.5, 0.6) is 0 Å². The van der Waals surface area contributed by atoms with E-state index in [-0.39, 0.29) is 24.8 Å². The van der Waals surface area contributed by atoms with Crippen LogP contribution in [0.4, 0.5) is 0 Å². The van der Waals surface area contributed by atoms with Gasteiger partial charge in [-0.15, -0.1) is 24.8 Å². The summed E-state index contributed by atoms with van der Waals surface area (Å²) < 4.78 is 4.97. The molecule has 0 bridgehead atoms. The van der Waals surface area contributed by atoms with Gasteiger partial charge in [-0.3, -0.25) is 0 Å². The van der Waals surface area contributed by atoms with Crippen molar-refractivity contribution in [2.75, 3.05) is 7.11 Å². The van der Waals surface area contributed by atoms with E-state index in [4.69, 9.17) is 10.5 Å². The van der Waals surface area contributed by atoms with E-state index in [9.17, 15) is 0 Å². The van der Waals surface area contributed by atoms with Gasteiger partial charge in [0, 0.05) is 13.7 Å². The summed E-state index contributed by atoms with van der Waals surface area (Å²) in [5, 5.41) is 0. The minimum absolute atomic E-state index is 0. The Morgan fingerprint density at radius 1 is 1.08 bits per heavy atom. The van der Waals surface area contributed by atoms with Gasteiger partial charge in [0.15, 0.2) is 0 Å². The highest BCUT2D eigenvalue weighted by atomic mass is 35.5. The van der Waals surface area contributed by atoms with E-state index in [0.717, 1.165) is 5.56 Å². The first-order valence-electron chi connectivity index (χ1n) is 3.63. The molecule has 0 saturated heterocycles. The number of ether oxygens (including phenoxy) is 1. The lowest BCUT2D eigenvalue weighted by atomic mass is 10.1. The molecule has 13 heavy (non-hydrogen) atoms. The zero-order valence-corrected chi connectivity index (χ0v) is 9.16.